The van der Waals surface area contributed by atoms with Crippen molar-refractivity contribution in [1.82, 2.24) is 5.32 Å². The molecule has 4 nitrogen and oxygen atoms in total. The Balaban J connectivity index is 2.84. The number of hydrogen-bond donors (Lipinski definition) is 2. The third-order valence-electron chi connectivity index (χ3n) is 2.73. The van der Waals surface area contributed by atoms with Gasteiger partial charge in [-0.2, -0.15) is 0 Å². The summed E-state index contributed by atoms with van der Waals surface area (Å²) in [7, 11) is 0. The fourth-order valence-electron chi connectivity index (χ4n) is 1.77. The highest BCUT2D eigenvalue weighted by Crippen LogP contribution is 2.15. The molecule has 0 aliphatic rings. The lowest BCUT2D eigenvalue weighted by molar-refractivity contribution is 0.0939. The van der Waals surface area contributed by atoms with Gasteiger partial charge in [0.15, 0.2) is 0 Å². The summed E-state index contributed by atoms with van der Waals surface area (Å²) in [4.78, 5) is 12.5. The van der Waals surface area contributed by atoms with Gasteiger partial charge >= 0.3 is 0 Å². The van der Waals surface area contributed by atoms with E-state index in [1.807, 2.05) is 33.8 Å². The van der Waals surface area contributed by atoms with Crippen LogP contribution in [0, 0.1) is 5.92 Å². The summed E-state index contributed by atoms with van der Waals surface area (Å²) in [5.74, 6) is 0.612. The van der Waals surface area contributed by atoms with E-state index in [0.29, 0.717) is 16.3 Å². The topological polar surface area (TPSA) is 64.3 Å². The Labute approximate surface area is 125 Å². The number of benzene rings is 1. The Morgan fingerprint density at radius 3 is 2.45 bits per heavy atom. The summed E-state index contributed by atoms with van der Waals surface area (Å²) in [6.07, 6.45) is 0.0633. The summed E-state index contributed by atoms with van der Waals surface area (Å²) in [5.41, 5.74) is 6.18. The average molecular weight is 294 g/mol. The molecule has 0 aromatic heterocycles. The molecule has 1 aromatic carbocycles. The van der Waals surface area contributed by atoms with E-state index in [4.69, 9.17) is 22.7 Å². The van der Waals surface area contributed by atoms with Crippen molar-refractivity contribution in [2.24, 2.45) is 11.7 Å². The maximum absolute atomic E-state index is 12.2. The molecule has 0 saturated carbocycles. The van der Waals surface area contributed by atoms with E-state index < -0.39 is 0 Å². The number of nitrogens with two attached hydrogens (primary N) is 1. The van der Waals surface area contributed by atoms with Gasteiger partial charge in [-0.15, -0.1) is 0 Å². The molecule has 0 aliphatic carbocycles. The van der Waals surface area contributed by atoms with Crippen LogP contribution in [0.25, 0.3) is 0 Å². The van der Waals surface area contributed by atoms with Crippen molar-refractivity contribution in [3.05, 3.63) is 29.8 Å². The highest BCUT2D eigenvalue weighted by atomic mass is 32.1. The molecule has 20 heavy (non-hydrogen) atoms. The van der Waals surface area contributed by atoms with Crippen molar-refractivity contribution < 1.29 is 9.53 Å². The number of nitrogens with one attached hydrogen (secondary N) is 1. The second-order valence-corrected chi connectivity index (χ2v) is 5.76. The number of carbonyl (C=O) groups excluding carboxylic acids is 1. The minimum Gasteiger partial charge on any atom is -0.491 e. The van der Waals surface area contributed by atoms with Crippen molar-refractivity contribution in [3.63, 3.8) is 0 Å². The summed E-state index contributed by atoms with van der Waals surface area (Å²) < 4.78 is 5.57. The molecule has 1 amide bonds. The van der Waals surface area contributed by atoms with Gasteiger partial charge in [-0.1, -0.05) is 32.1 Å². The van der Waals surface area contributed by atoms with Crippen LogP contribution in [0.5, 0.6) is 5.75 Å². The van der Waals surface area contributed by atoms with Crippen molar-refractivity contribution >= 4 is 23.1 Å². The quantitative estimate of drug-likeness (QED) is 0.791. The third kappa shape index (κ3) is 4.81. The van der Waals surface area contributed by atoms with Crippen LogP contribution in [0.2, 0.25) is 0 Å². The molecule has 1 rings (SSSR count). The fourth-order valence-corrected chi connectivity index (χ4v) is 2.10. The molecule has 5 heteroatoms. The normalized spacial score (nSPS) is 12.3. The van der Waals surface area contributed by atoms with Gasteiger partial charge in [0, 0.05) is 5.56 Å². The van der Waals surface area contributed by atoms with Crippen LogP contribution >= 0.6 is 12.2 Å². The van der Waals surface area contributed by atoms with Crippen molar-refractivity contribution in [3.8, 4) is 5.75 Å². The maximum Gasteiger partial charge on any atom is 0.251 e. The zero-order valence-corrected chi connectivity index (χ0v) is 13.2. The average Bonchev–Trinajstić information content (AvgIpc) is 2.34. The Kier molecular flexibility index (Phi) is 5.95. The number of carbonyl (C=O) groups is 1. The van der Waals surface area contributed by atoms with E-state index in [9.17, 15) is 4.79 Å². The van der Waals surface area contributed by atoms with E-state index >= 15 is 0 Å². The Morgan fingerprint density at radius 1 is 1.30 bits per heavy atom. The molecule has 0 radical (unpaired) electrons. The number of thiocarbonyl (C=S) groups is 1. The largest absolute Gasteiger partial charge is 0.491 e. The first-order valence-electron chi connectivity index (χ1n) is 6.68. The molecule has 3 N–H and O–H groups in total. The minimum atomic E-state index is -0.313. The van der Waals surface area contributed by atoms with Crippen LogP contribution in [0.1, 0.15) is 38.1 Å². The SMILES string of the molecule is CC(C)Oc1cccc(C(=O)NC(C(N)=S)C(C)C)c1. The van der Waals surface area contributed by atoms with Crippen LogP contribution in [-0.4, -0.2) is 23.0 Å². The Hall–Kier alpha value is -1.62. The first kappa shape index (κ1) is 16.4. The summed E-state index contributed by atoms with van der Waals surface area (Å²) in [6.45, 7) is 7.80. The molecular formula is C15H22N2O2S. The van der Waals surface area contributed by atoms with Crippen molar-refractivity contribution in [2.45, 2.75) is 39.8 Å². The lowest BCUT2D eigenvalue weighted by Crippen LogP contribution is -2.46. The lowest BCUT2D eigenvalue weighted by Gasteiger charge is -2.21. The van der Waals surface area contributed by atoms with E-state index in [2.05, 4.69) is 5.32 Å². The molecule has 0 bridgehead atoms. The molecule has 0 heterocycles. The minimum absolute atomic E-state index is 0.0633. The lowest BCUT2D eigenvalue weighted by atomic mass is 10.0. The van der Waals surface area contributed by atoms with Crippen molar-refractivity contribution in [2.75, 3.05) is 0 Å². The van der Waals surface area contributed by atoms with Crippen molar-refractivity contribution in [1.29, 1.82) is 0 Å². The van der Waals surface area contributed by atoms with E-state index in [1.54, 1.807) is 18.2 Å². The molecule has 0 fully saturated rings. The zero-order valence-electron chi connectivity index (χ0n) is 12.3. The molecule has 1 aromatic rings. The Bertz CT molecular complexity index is 487. The predicted molar refractivity (Wildman–Crippen MR) is 85.1 cm³/mol. The maximum atomic E-state index is 12.2. The van der Waals surface area contributed by atoms with Gasteiger partial charge < -0.3 is 15.8 Å². The summed E-state index contributed by atoms with van der Waals surface area (Å²) >= 11 is 4.98. The predicted octanol–water partition coefficient (Wildman–Crippen LogP) is 2.51. The molecule has 1 unspecified atom stereocenters. The number of hydrogen-bond acceptors (Lipinski definition) is 3. The van der Waals surface area contributed by atoms with Gasteiger partial charge in [0.05, 0.1) is 17.1 Å². The molecule has 110 valence electrons. The number of amides is 1. The van der Waals surface area contributed by atoms with Gasteiger partial charge in [-0.3, -0.25) is 4.79 Å². The summed E-state index contributed by atoms with van der Waals surface area (Å²) in [6, 6.07) is 6.75. The van der Waals surface area contributed by atoms with Gasteiger partial charge in [0.25, 0.3) is 5.91 Å². The molecule has 0 saturated heterocycles. The fraction of sp³-hybridized carbons (Fsp3) is 0.467. The van der Waals surface area contributed by atoms with Gasteiger partial charge in [-0.05, 0) is 38.0 Å². The standard InChI is InChI=1S/C15H22N2O2S/c1-9(2)13(14(16)20)17-15(18)11-6-5-7-12(8-11)19-10(3)4/h5-10,13H,1-4H3,(H2,16,20)(H,17,18). The highest BCUT2D eigenvalue weighted by Gasteiger charge is 2.19. The van der Waals surface area contributed by atoms with Crippen LogP contribution in [0.15, 0.2) is 24.3 Å². The van der Waals surface area contributed by atoms with Crippen LogP contribution < -0.4 is 15.8 Å². The van der Waals surface area contributed by atoms with Crippen LogP contribution in [0.3, 0.4) is 0 Å². The first-order valence-corrected chi connectivity index (χ1v) is 7.09. The second kappa shape index (κ2) is 7.24. The highest BCUT2D eigenvalue weighted by molar-refractivity contribution is 7.80. The zero-order chi connectivity index (χ0) is 15.3. The third-order valence-corrected chi connectivity index (χ3v) is 2.98. The van der Waals surface area contributed by atoms with E-state index in [-0.39, 0.29) is 24.0 Å². The van der Waals surface area contributed by atoms with E-state index in [1.165, 1.54) is 0 Å². The van der Waals surface area contributed by atoms with Gasteiger partial charge in [0.1, 0.15) is 5.75 Å². The number of rotatable bonds is 6. The molecule has 0 aliphatic heterocycles. The second-order valence-electron chi connectivity index (χ2n) is 5.29. The first-order chi connectivity index (χ1) is 9.31. The summed E-state index contributed by atoms with van der Waals surface area (Å²) in [5, 5.41) is 2.85. The number of ether oxygens (including phenoxy) is 1. The molecule has 1 atom stereocenters. The Morgan fingerprint density at radius 2 is 1.95 bits per heavy atom. The van der Waals surface area contributed by atoms with Crippen LogP contribution in [-0.2, 0) is 0 Å². The van der Waals surface area contributed by atoms with Gasteiger partial charge in [0.2, 0.25) is 0 Å². The van der Waals surface area contributed by atoms with Crippen LogP contribution in [0.4, 0.5) is 0 Å². The monoisotopic (exact) mass is 294 g/mol. The van der Waals surface area contributed by atoms with E-state index in [0.717, 1.165) is 0 Å². The molecule has 0 spiro atoms. The molecular weight excluding hydrogens is 272 g/mol. The smallest absolute Gasteiger partial charge is 0.251 e. The van der Waals surface area contributed by atoms with Gasteiger partial charge in [-0.25, -0.2) is 0 Å².